The molecule has 2 aromatic heterocycles. The van der Waals surface area contributed by atoms with Crippen molar-refractivity contribution in [1.29, 1.82) is 0 Å². The van der Waals surface area contributed by atoms with Gasteiger partial charge in [0.15, 0.2) is 5.69 Å². The summed E-state index contributed by atoms with van der Waals surface area (Å²) >= 11 is 0. The lowest BCUT2D eigenvalue weighted by Crippen LogP contribution is -2.39. The summed E-state index contributed by atoms with van der Waals surface area (Å²) in [6, 6.07) is 3.58. The maximum atomic E-state index is 14.7. The number of fused-ring (bicyclic) bond motifs is 1. The Labute approximate surface area is 214 Å². The first-order valence-corrected chi connectivity index (χ1v) is 11.2. The van der Waals surface area contributed by atoms with Crippen LogP contribution in [-0.4, -0.2) is 49.6 Å². The zero-order chi connectivity index (χ0) is 28.9. The van der Waals surface area contributed by atoms with Crippen molar-refractivity contribution in [3.8, 4) is 0 Å². The molecule has 3 heterocycles. The molecule has 4 rings (SSSR count). The first-order valence-electron chi connectivity index (χ1n) is 11.2. The first-order chi connectivity index (χ1) is 18.1. The van der Waals surface area contributed by atoms with Crippen molar-refractivity contribution in [3.05, 3.63) is 79.3 Å². The standard InChI is InChI=1S/C23H18F7N5O4/c1-10-11(2)19(36)32-31-16(10)8-12-3-4-15(24)13(7-12)20(37)34-6-5-17-14(9-34)18(22(25,26)27)33-35(17)39-21(38)23(28,29)30/h3-4,7H,5-6,8-9H2,1-2H3,(H,32,36). The Bertz CT molecular complexity index is 1520. The fourth-order valence-corrected chi connectivity index (χ4v) is 4.05. The second kappa shape index (κ2) is 9.81. The van der Waals surface area contributed by atoms with Gasteiger partial charge in [0.25, 0.3) is 11.5 Å². The molecule has 16 heteroatoms. The van der Waals surface area contributed by atoms with Crippen molar-refractivity contribution in [3.63, 3.8) is 0 Å². The van der Waals surface area contributed by atoms with E-state index >= 15 is 0 Å². The number of alkyl halides is 6. The van der Waals surface area contributed by atoms with Gasteiger partial charge in [-0.2, -0.15) is 31.4 Å². The molecule has 1 N–H and O–H groups in total. The molecule has 0 fully saturated rings. The summed E-state index contributed by atoms with van der Waals surface area (Å²) in [7, 11) is 0. The summed E-state index contributed by atoms with van der Waals surface area (Å²) in [5, 5.41) is 9.29. The molecule has 0 radical (unpaired) electrons. The van der Waals surface area contributed by atoms with Crippen LogP contribution in [0.5, 0.6) is 0 Å². The Kier molecular flexibility index (Phi) is 6.99. The van der Waals surface area contributed by atoms with Crippen LogP contribution in [0.25, 0.3) is 0 Å². The molecule has 0 bridgehead atoms. The van der Waals surface area contributed by atoms with E-state index in [0.29, 0.717) is 22.4 Å². The quantitative estimate of drug-likeness (QED) is 0.491. The number of amides is 1. The second-order valence-corrected chi connectivity index (χ2v) is 8.74. The number of benzene rings is 1. The summed E-state index contributed by atoms with van der Waals surface area (Å²) < 4.78 is 93.2. The minimum absolute atomic E-state index is 0.101. The average molecular weight is 561 g/mol. The van der Waals surface area contributed by atoms with Gasteiger partial charge in [-0.1, -0.05) is 10.9 Å². The van der Waals surface area contributed by atoms with E-state index in [-0.39, 0.29) is 23.4 Å². The highest BCUT2D eigenvalue weighted by Gasteiger charge is 2.45. The third-order valence-electron chi connectivity index (χ3n) is 6.24. The number of aromatic nitrogens is 4. The van der Waals surface area contributed by atoms with E-state index in [9.17, 15) is 45.1 Å². The molecule has 0 atom stereocenters. The molecule has 1 aliphatic rings. The smallest absolute Gasteiger partial charge is 0.334 e. The molecule has 9 nitrogen and oxygen atoms in total. The van der Waals surface area contributed by atoms with Crippen LogP contribution in [0.2, 0.25) is 0 Å². The van der Waals surface area contributed by atoms with E-state index in [0.717, 1.165) is 11.0 Å². The SMILES string of the molecule is Cc1c(Cc2ccc(F)c(C(=O)N3CCc4c(c(C(F)(F)F)nn4OC(=O)C(F)(F)F)C3)c2)n[nH]c(=O)c1C. The number of carbonyl (C=O) groups is 2. The predicted molar refractivity (Wildman–Crippen MR) is 117 cm³/mol. The lowest BCUT2D eigenvalue weighted by molar-refractivity contribution is -0.202. The number of nitrogens with one attached hydrogen (secondary N) is 1. The zero-order valence-electron chi connectivity index (χ0n) is 20.1. The van der Waals surface area contributed by atoms with E-state index in [2.05, 4.69) is 20.1 Å². The third-order valence-corrected chi connectivity index (χ3v) is 6.24. The molecule has 0 saturated carbocycles. The second-order valence-electron chi connectivity index (χ2n) is 8.74. The fraction of sp³-hybridized carbons (Fsp3) is 0.348. The van der Waals surface area contributed by atoms with Gasteiger partial charge in [0.1, 0.15) is 5.82 Å². The molecule has 0 unspecified atom stereocenters. The molecule has 0 saturated heterocycles. The summed E-state index contributed by atoms with van der Waals surface area (Å²) in [4.78, 5) is 40.8. The maximum Gasteiger partial charge on any atom is 0.493 e. The van der Waals surface area contributed by atoms with Crippen molar-refractivity contribution in [2.75, 3.05) is 6.54 Å². The van der Waals surface area contributed by atoms with E-state index in [1.807, 2.05) is 0 Å². The molecule has 0 aliphatic carbocycles. The number of hydrogen-bond acceptors (Lipinski definition) is 6. The molecule has 1 aromatic carbocycles. The molecular weight excluding hydrogens is 543 g/mol. The Morgan fingerprint density at radius 1 is 1.10 bits per heavy atom. The van der Waals surface area contributed by atoms with E-state index in [4.69, 9.17) is 0 Å². The molecular formula is C23H18F7N5O4. The van der Waals surface area contributed by atoms with Crippen molar-refractivity contribution < 1.29 is 45.2 Å². The molecule has 3 aromatic rings. The van der Waals surface area contributed by atoms with Crippen molar-refractivity contribution >= 4 is 11.9 Å². The number of nitrogens with zero attached hydrogens (tertiary/aromatic N) is 4. The summed E-state index contributed by atoms with van der Waals surface area (Å²) in [5.41, 5.74) is -1.77. The van der Waals surface area contributed by atoms with Crippen molar-refractivity contribution in [2.45, 2.75) is 45.6 Å². The van der Waals surface area contributed by atoms with Gasteiger partial charge >= 0.3 is 18.3 Å². The molecule has 1 amide bonds. The van der Waals surface area contributed by atoms with Gasteiger partial charge in [0.2, 0.25) is 0 Å². The fourth-order valence-electron chi connectivity index (χ4n) is 4.05. The monoisotopic (exact) mass is 561 g/mol. The van der Waals surface area contributed by atoms with Gasteiger partial charge in [-0.15, -0.1) is 5.10 Å². The first kappa shape index (κ1) is 27.8. The zero-order valence-corrected chi connectivity index (χ0v) is 20.1. The highest BCUT2D eigenvalue weighted by atomic mass is 19.4. The predicted octanol–water partition coefficient (Wildman–Crippen LogP) is 3.05. The van der Waals surface area contributed by atoms with Crippen LogP contribution in [-0.2, 0) is 30.4 Å². The number of rotatable bonds is 4. The number of carbonyl (C=O) groups excluding carboxylic acids is 2. The number of hydrogen-bond donors (Lipinski definition) is 1. The van der Waals surface area contributed by atoms with Crippen molar-refractivity contribution in [2.24, 2.45) is 0 Å². The molecule has 0 spiro atoms. The summed E-state index contributed by atoms with van der Waals surface area (Å²) in [6.07, 6.45) is -11.0. The highest BCUT2D eigenvalue weighted by Crippen LogP contribution is 2.35. The number of H-pyrrole nitrogens is 1. The Morgan fingerprint density at radius 3 is 2.44 bits per heavy atom. The Hall–Kier alpha value is -4.24. The highest BCUT2D eigenvalue weighted by molar-refractivity contribution is 5.95. The van der Waals surface area contributed by atoms with Gasteiger partial charge in [-0.3, -0.25) is 9.59 Å². The van der Waals surface area contributed by atoms with Crippen molar-refractivity contribution in [1.82, 2.24) is 25.0 Å². The lowest BCUT2D eigenvalue weighted by atomic mass is 10.00. The Morgan fingerprint density at radius 2 is 1.79 bits per heavy atom. The van der Waals surface area contributed by atoms with E-state index in [1.165, 1.54) is 12.1 Å². The molecule has 1 aliphatic heterocycles. The molecule has 39 heavy (non-hydrogen) atoms. The largest absolute Gasteiger partial charge is 0.493 e. The lowest BCUT2D eigenvalue weighted by Gasteiger charge is -2.28. The molecule has 208 valence electrons. The van der Waals surface area contributed by atoms with Crippen LogP contribution in [0.3, 0.4) is 0 Å². The van der Waals surface area contributed by atoms with Gasteiger partial charge in [0.05, 0.1) is 23.5 Å². The average Bonchev–Trinajstić information content (AvgIpc) is 3.22. The van der Waals surface area contributed by atoms with Crippen LogP contribution < -0.4 is 10.4 Å². The topological polar surface area (TPSA) is 110 Å². The Balaban J connectivity index is 1.63. The maximum absolute atomic E-state index is 14.7. The van der Waals surface area contributed by atoms with Crippen LogP contribution in [0.1, 0.15) is 49.7 Å². The van der Waals surface area contributed by atoms with Gasteiger partial charge in [-0.05, 0) is 37.1 Å². The third kappa shape index (κ3) is 5.49. The van der Waals surface area contributed by atoms with E-state index < -0.39 is 65.5 Å². The minimum Gasteiger partial charge on any atom is -0.334 e. The van der Waals surface area contributed by atoms with Crippen LogP contribution in [0.4, 0.5) is 30.7 Å². The van der Waals surface area contributed by atoms with Gasteiger partial charge < -0.3 is 9.74 Å². The number of halogens is 7. The van der Waals surface area contributed by atoms with Crippen LogP contribution in [0, 0.1) is 19.7 Å². The van der Waals surface area contributed by atoms with Crippen LogP contribution in [0.15, 0.2) is 23.0 Å². The van der Waals surface area contributed by atoms with E-state index in [1.54, 1.807) is 13.8 Å². The normalized spacial score (nSPS) is 13.8. The minimum atomic E-state index is -5.49. The number of aromatic amines is 1. The van der Waals surface area contributed by atoms with Gasteiger partial charge in [-0.25, -0.2) is 14.3 Å². The van der Waals surface area contributed by atoms with Gasteiger partial charge in [0, 0.05) is 30.5 Å². The van der Waals surface area contributed by atoms with Crippen LogP contribution >= 0.6 is 0 Å². The summed E-state index contributed by atoms with van der Waals surface area (Å²) in [5.74, 6) is -4.71. The summed E-state index contributed by atoms with van der Waals surface area (Å²) in [6.45, 7) is 2.14.